The monoisotopic (exact) mass is 269 g/mol. The van der Waals surface area contributed by atoms with Crippen LogP contribution >= 0.6 is 23.4 Å². The van der Waals surface area contributed by atoms with Crippen LogP contribution in [-0.4, -0.2) is 21.7 Å². The molecule has 0 bridgehead atoms. The van der Waals surface area contributed by atoms with Crippen molar-refractivity contribution in [3.8, 4) is 0 Å². The number of halogens is 1. The molecule has 1 N–H and O–H groups in total. The molecule has 0 radical (unpaired) electrons. The van der Waals surface area contributed by atoms with Gasteiger partial charge >= 0.3 is 0 Å². The van der Waals surface area contributed by atoms with Crippen LogP contribution < -0.4 is 0 Å². The van der Waals surface area contributed by atoms with Crippen molar-refractivity contribution in [3.63, 3.8) is 0 Å². The molecule has 0 spiro atoms. The average molecular weight is 270 g/mol. The second-order valence-electron chi connectivity index (χ2n) is 4.01. The third kappa shape index (κ3) is 2.79. The zero-order valence-electron chi connectivity index (χ0n) is 9.82. The number of aryl methyl sites for hydroxylation is 1. The molecule has 0 atom stereocenters. The van der Waals surface area contributed by atoms with Crippen molar-refractivity contribution in [1.29, 1.82) is 0 Å². The lowest BCUT2D eigenvalue weighted by molar-refractivity contribution is 0.283. The zero-order chi connectivity index (χ0) is 12.3. The molecule has 2 nitrogen and oxygen atoms in total. The van der Waals surface area contributed by atoms with Gasteiger partial charge in [-0.05, 0) is 30.6 Å². The molecule has 0 aliphatic rings. The van der Waals surface area contributed by atoms with Crippen molar-refractivity contribution in [2.75, 3.05) is 12.0 Å². The molecular weight excluding hydrogens is 254 g/mol. The molecule has 2 rings (SSSR count). The highest BCUT2D eigenvalue weighted by Gasteiger charge is 2.07. The Morgan fingerprint density at radius 3 is 2.94 bits per heavy atom. The van der Waals surface area contributed by atoms with E-state index in [0.717, 1.165) is 40.2 Å². The van der Waals surface area contributed by atoms with E-state index < -0.39 is 0 Å². The molecule has 0 saturated carbocycles. The van der Waals surface area contributed by atoms with Crippen molar-refractivity contribution in [3.05, 3.63) is 35.0 Å². The fourth-order valence-corrected chi connectivity index (χ4v) is 2.62. The highest BCUT2D eigenvalue weighted by Crippen LogP contribution is 2.25. The predicted molar refractivity (Wildman–Crippen MR) is 75.9 cm³/mol. The van der Waals surface area contributed by atoms with Gasteiger partial charge < -0.3 is 9.67 Å². The number of aliphatic hydroxyl groups excluding tert-OH is 1. The molecule has 1 aromatic heterocycles. The normalized spacial score (nSPS) is 11.2. The van der Waals surface area contributed by atoms with Crippen LogP contribution in [0, 0.1) is 0 Å². The van der Waals surface area contributed by atoms with E-state index in [-0.39, 0.29) is 6.61 Å². The Morgan fingerprint density at radius 1 is 1.41 bits per heavy atom. The number of nitrogens with zero attached hydrogens (tertiary/aromatic N) is 1. The van der Waals surface area contributed by atoms with Gasteiger partial charge in [0.15, 0.2) is 0 Å². The largest absolute Gasteiger partial charge is 0.392 e. The molecule has 1 heterocycles. The smallest absolute Gasteiger partial charge is 0.0702 e. The maximum atomic E-state index is 9.34. The van der Waals surface area contributed by atoms with E-state index in [9.17, 15) is 5.11 Å². The molecule has 0 amide bonds. The van der Waals surface area contributed by atoms with Crippen LogP contribution in [0.4, 0.5) is 0 Å². The second-order valence-corrected chi connectivity index (χ2v) is 5.44. The molecule has 0 unspecified atom stereocenters. The van der Waals surface area contributed by atoms with Gasteiger partial charge in [-0.1, -0.05) is 17.7 Å². The van der Waals surface area contributed by atoms with Crippen molar-refractivity contribution in [2.45, 2.75) is 19.6 Å². The molecule has 1 aromatic carbocycles. The lowest BCUT2D eigenvalue weighted by atomic mass is 10.2. The molecule has 2 aromatic rings. The molecule has 4 heteroatoms. The van der Waals surface area contributed by atoms with Crippen LogP contribution in [-0.2, 0) is 13.2 Å². The molecule has 92 valence electrons. The number of hydrogen-bond acceptors (Lipinski definition) is 2. The first-order valence-electron chi connectivity index (χ1n) is 5.63. The minimum absolute atomic E-state index is 0.0770. The molecule has 0 aliphatic carbocycles. The Kier molecular flexibility index (Phi) is 4.37. The summed E-state index contributed by atoms with van der Waals surface area (Å²) in [5, 5.41) is 11.2. The second kappa shape index (κ2) is 5.80. The van der Waals surface area contributed by atoms with E-state index in [4.69, 9.17) is 11.6 Å². The van der Waals surface area contributed by atoms with Gasteiger partial charge in [0.1, 0.15) is 0 Å². The summed E-state index contributed by atoms with van der Waals surface area (Å²) in [5.74, 6) is 1.15. The summed E-state index contributed by atoms with van der Waals surface area (Å²) in [6.07, 6.45) is 5.27. The van der Waals surface area contributed by atoms with Crippen LogP contribution in [0.5, 0.6) is 0 Å². The number of aromatic nitrogens is 1. The summed E-state index contributed by atoms with van der Waals surface area (Å²) in [6, 6.07) is 5.82. The van der Waals surface area contributed by atoms with E-state index in [1.54, 1.807) is 0 Å². The summed E-state index contributed by atoms with van der Waals surface area (Å²) >= 11 is 7.88. The quantitative estimate of drug-likeness (QED) is 0.840. The number of aliphatic hydroxyl groups is 1. The van der Waals surface area contributed by atoms with Crippen LogP contribution in [0.3, 0.4) is 0 Å². The van der Waals surface area contributed by atoms with Crippen molar-refractivity contribution < 1.29 is 5.11 Å². The summed E-state index contributed by atoms with van der Waals surface area (Å²) < 4.78 is 2.18. The number of hydrogen-bond donors (Lipinski definition) is 1. The first kappa shape index (κ1) is 12.8. The Labute approximate surface area is 111 Å². The molecular formula is C13H16ClNOS. The minimum atomic E-state index is 0.0770. The number of fused-ring (bicyclic) bond motifs is 1. The van der Waals surface area contributed by atoms with E-state index in [0.29, 0.717) is 0 Å². The van der Waals surface area contributed by atoms with E-state index >= 15 is 0 Å². The molecule has 0 saturated heterocycles. The first-order chi connectivity index (χ1) is 8.26. The minimum Gasteiger partial charge on any atom is -0.392 e. The Balaban J connectivity index is 2.36. The first-order valence-corrected chi connectivity index (χ1v) is 7.40. The Hall–Kier alpha value is -0.640. The van der Waals surface area contributed by atoms with Gasteiger partial charge in [0, 0.05) is 34.2 Å². The standard InChI is InChI=1S/C13H16ClNOS/c1-17-6-2-5-15-8-10(9-16)12-4-3-11(14)7-13(12)15/h3-4,7-8,16H,2,5-6,9H2,1H3. The summed E-state index contributed by atoms with van der Waals surface area (Å²) in [6.45, 7) is 1.05. The molecule has 0 aliphatic heterocycles. The van der Waals surface area contributed by atoms with Crippen molar-refractivity contribution >= 4 is 34.3 Å². The maximum absolute atomic E-state index is 9.34. The SMILES string of the molecule is CSCCCn1cc(CO)c2ccc(Cl)cc21. The summed E-state index contributed by atoms with van der Waals surface area (Å²) in [4.78, 5) is 0. The number of thioether (sulfide) groups is 1. The lowest BCUT2D eigenvalue weighted by Gasteiger charge is -2.04. The van der Waals surface area contributed by atoms with Gasteiger partial charge in [0.25, 0.3) is 0 Å². The number of rotatable bonds is 5. The van der Waals surface area contributed by atoms with Crippen molar-refractivity contribution in [2.24, 2.45) is 0 Å². The molecule has 0 fully saturated rings. The summed E-state index contributed by atoms with van der Waals surface area (Å²) in [7, 11) is 0. The van der Waals surface area contributed by atoms with Gasteiger partial charge in [0.05, 0.1) is 6.61 Å². The van der Waals surface area contributed by atoms with E-state index in [1.165, 1.54) is 0 Å². The predicted octanol–water partition coefficient (Wildman–Crippen LogP) is 3.54. The molecule has 17 heavy (non-hydrogen) atoms. The Morgan fingerprint density at radius 2 is 2.24 bits per heavy atom. The van der Waals surface area contributed by atoms with Gasteiger partial charge in [-0.3, -0.25) is 0 Å². The maximum Gasteiger partial charge on any atom is 0.0702 e. The van der Waals surface area contributed by atoms with Gasteiger partial charge in [-0.2, -0.15) is 11.8 Å². The van der Waals surface area contributed by atoms with Crippen LogP contribution in [0.1, 0.15) is 12.0 Å². The fraction of sp³-hybridized carbons (Fsp3) is 0.385. The third-order valence-corrected chi connectivity index (χ3v) is 3.78. The van der Waals surface area contributed by atoms with Gasteiger partial charge in [0.2, 0.25) is 0 Å². The zero-order valence-corrected chi connectivity index (χ0v) is 11.4. The van der Waals surface area contributed by atoms with Crippen LogP contribution in [0.2, 0.25) is 5.02 Å². The highest BCUT2D eigenvalue weighted by atomic mass is 35.5. The van der Waals surface area contributed by atoms with E-state index in [2.05, 4.69) is 10.8 Å². The topological polar surface area (TPSA) is 25.2 Å². The van der Waals surface area contributed by atoms with E-state index in [1.807, 2.05) is 36.2 Å². The van der Waals surface area contributed by atoms with Crippen molar-refractivity contribution in [1.82, 2.24) is 4.57 Å². The van der Waals surface area contributed by atoms with Gasteiger partial charge in [-0.25, -0.2) is 0 Å². The fourth-order valence-electron chi connectivity index (χ4n) is 2.03. The Bertz CT molecular complexity index is 509. The highest BCUT2D eigenvalue weighted by molar-refractivity contribution is 7.98. The average Bonchev–Trinajstić information content (AvgIpc) is 2.67. The summed E-state index contributed by atoms with van der Waals surface area (Å²) in [5.41, 5.74) is 2.09. The lowest BCUT2D eigenvalue weighted by Crippen LogP contribution is -1.97. The van der Waals surface area contributed by atoms with Gasteiger partial charge in [-0.15, -0.1) is 0 Å². The van der Waals surface area contributed by atoms with Crippen LogP contribution in [0.25, 0.3) is 10.9 Å². The number of benzene rings is 1. The third-order valence-electron chi connectivity index (χ3n) is 2.84. The van der Waals surface area contributed by atoms with Crippen LogP contribution in [0.15, 0.2) is 24.4 Å².